The number of H-pyrrole nitrogens is 1. The zero-order valence-electron chi connectivity index (χ0n) is 11.0. The number of aromatic amines is 1. The predicted molar refractivity (Wildman–Crippen MR) is 72.1 cm³/mol. The molecule has 2 aromatic heterocycles. The molecule has 7 heteroatoms. The van der Waals surface area contributed by atoms with Crippen molar-refractivity contribution in [1.82, 2.24) is 19.8 Å². The quantitative estimate of drug-likeness (QED) is 0.772. The lowest BCUT2D eigenvalue weighted by Gasteiger charge is -2.09. The molecule has 7 nitrogen and oxygen atoms in total. The lowest BCUT2D eigenvalue weighted by Crippen LogP contribution is -2.12. The molecule has 3 aromatic rings. The van der Waals surface area contributed by atoms with Crippen LogP contribution in [0, 0.1) is 0 Å². The Bertz CT molecular complexity index is 822. The molecule has 1 aromatic carbocycles. The second-order valence-electron chi connectivity index (χ2n) is 4.08. The molecule has 0 saturated carbocycles. The van der Waals surface area contributed by atoms with Crippen LogP contribution in [-0.4, -0.2) is 34.0 Å². The second kappa shape index (κ2) is 4.69. The van der Waals surface area contributed by atoms with Crippen molar-refractivity contribution < 1.29 is 9.47 Å². The van der Waals surface area contributed by atoms with Gasteiger partial charge in [-0.05, 0) is 30.3 Å². The van der Waals surface area contributed by atoms with E-state index in [2.05, 4.69) is 15.3 Å². The van der Waals surface area contributed by atoms with Gasteiger partial charge in [0.05, 0.1) is 19.9 Å². The average molecular weight is 272 g/mol. The maximum atomic E-state index is 11.6. The van der Waals surface area contributed by atoms with Gasteiger partial charge in [0, 0.05) is 5.56 Å². The summed E-state index contributed by atoms with van der Waals surface area (Å²) in [5.41, 5.74) is 1.41. The van der Waals surface area contributed by atoms with E-state index in [1.54, 1.807) is 44.6 Å². The molecule has 0 radical (unpaired) electrons. The van der Waals surface area contributed by atoms with E-state index < -0.39 is 0 Å². The number of nitrogens with zero attached hydrogens (tertiary/aromatic N) is 3. The average Bonchev–Trinajstić information content (AvgIpc) is 2.87. The smallest absolute Gasteiger partial charge is 0.364 e. The standard InChI is InChI=1S/C13H12N4O3/c1-19-8-3-5-11(20-2)9(7-8)10-4-6-12-14-15-13(18)17(12)16-10/h3-7H,1-2H3,(H,15,18). The summed E-state index contributed by atoms with van der Waals surface area (Å²) in [5.74, 6) is 1.33. The molecule has 0 unspecified atom stereocenters. The Balaban J connectivity index is 2.23. The third-order valence-electron chi connectivity index (χ3n) is 2.96. The fourth-order valence-corrected chi connectivity index (χ4v) is 1.96. The van der Waals surface area contributed by atoms with Crippen LogP contribution in [0.5, 0.6) is 11.5 Å². The second-order valence-corrected chi connectivity index (χ2v) is 4.08. The predicted octanol–water partition coefficient (Wildman–Crippen LogP) is 1.10. The Morgan fingerprint density at radius 3 is 2.75 bits per heavy atom. The van der Waals surface area contributed by atoms with Gasteiger partial charge in [-0.1, -0.05) is 0 Å². The summed E-state index contributed by atoms with van der Waals surface area (Å²) >= 11 is 0. The van der Waals surface area contributed by atoms with Crippen LogP contribution in [0.2, 0.25) is 0 Å². The van der Waals surface area contributed by atoms with Crippen molar-refractivity contribution in [3.8, 4) is 22.8 Å². The first-order valence-electron chi connectivity index (χ1n) is 5.90. The number of nitrogens with one attached hydrogen (secondary N) is 1. The van der Waals surface area contributed by atoms with E-state index in [0.717, 1.165) is 5.56 Å². The summed E-state index contributed by atoms with van der Waals surface area (Å²) in [6, 6.07) is 8.87. The van der Waals surface area contributed by atoms with E-state index in [0.29, 0.717) is 22.8 Å². The summed E-state index contributed by atoms with van der Waals surface area (Å²) in [7, 11) is 3.16. The van der Waals surface area contributed by atoms with Gasteiger partial charge in [-0.15, -0.1) is 0 Å². The molecule has 0 bridgehead atoms. The maximum absolute atomic E-state index is 11.6. The number of ether oxygens (including phenoxy) is 2. The molecule has 0 aliphatic carbocycles. The first-order chi connectivity index (χ1) is 9.72. The summed E-state index contributed by atoms with van der Waals surface area (Å²) in [5, 5.41) is 10.4. The lowest BCUT2D eigenvalue weighted by atomic mass is 10.1. The van der Waals surface area contributed by atoms with E-state index in [4.69, 9.17) is 9.47 Å². The van der Waals surface area contributed by atoms with E-state index in [9.17, 15) is 4.79 Å². The largest absolute Gasteiger partial charge is 0.497 e. The summed E-state index contributed by atoms with van der Waals surface area (Å²) < 4.78 is 11.7. The van der Waals surface area contributed by atoms with E-state index in [1.165, 1.54) is 4.52 Å². The monoisotopic (exact) mass is 272 g/mol. The molecular formula is C13H12N4O3. The van der Waals surface area contributed by atoms with Gasteiger partial charge in [0.2, 0.25) is 0 Å². The fourth-order valence-electron chi connectivity index (χ4n) is 1.96. The number of aromatic nitrogens is 4. The zero-order chi connectivity index (χ0) is 14.1. The van der Waals surface area contributed by atoms with Crippen LogP contribution < -0.4 is 15.2 Å². The molecule has 0 aliphatic rings. The highest BCUT2D eigenvalue weighted by Gasteiger charge is 2.11. The maximum Gasteiger partial charge on any atom is 0.364 e. The van der Waals surface area contributed by atoms with Crippen LogP contribution in [0.3, 0.4) is 0 Å². The summed E-state index contributed by atoms with van der Waals surface area (Å²) in [6.45, 7) is 0. The van der Waals surface area contributed by atoms with E-state index in [1.807, 2.05) is 0 Å². The van der Waals surface area contributed by atoms with Gasteiger partial charge in [-0.25, -0.2) is 9.89 Å². The minimum atomic E-state index is -0.385. The van der Waals surface area contributed by atoms with E-state index >= 15 is 0 Å². The topological polar surface area (TPSA) is 81.5 Å². The van der Waals surface area contributed by atoms with Gasteiger partial charge < -0.3 is 9.47 Å². The molecule has 0 atom stereocenters. The number of hydrogen-bond acceptors (Lipinski definition) is 5. The van der Waals surface area contributed by atoms with Gasteiger partial charge in [0.1, 0.15) is 11.5 Å². The van der Waals surface area contributed by atoms with Crippen molar-refractivity contribution in [2.24, 2.45) is 0 Å². The van der Waals surface area contributed by atoms with Crippen molar-refractivity contribution in [1.29, 1.82) is 0 Å². The highest BCUT2D eigenvalue weighted by atomic mass is 16.5. The third-order valence-corrected chi connectivity index (χ3v) is 2.96. The van der Waals surface area contributed by atoms with Crippen LogP contribution in [-0.2, 0) is 0 Å². The van der Waals surface area contributed by atoms with Gasteiger partial charge >= 0.3 is 5.69 Å². The molecule has 102 valence electrons. The summed E-state index contributed by atoms with van der Waals surface area (Å²) in [4.78, 5) is 11.6. The number of rotatable bonds is 3. The highest BCUT2D eigenvalue weighted by molar-refractivity contribution is 5.69. The Labute approximate surface area is 113 Å². The Hall–Kier alpha value is -2.83. The number of methoxy groups -OCH3 is 2. The van der Waals surface area contributed by atoms with Crippen molar-refractivity contribution in [2.45, 2.75) is 0 Å². The summed E-state index contributed by atoms with van der Waals surface area (Å²) in [6.07, 6.45) is 0. The first kappa shape index (κ1) is 12.2. The Kier molecular flexibility index (Phi) is 2.86. The molecule has 0 aliphatic heterocycles. The van der Waals surface area contributed by atoms with Crippen LogP contribution in [0.1, 0.15) is 0 Å². The number of fused-ring (bicyclic) bond motifs is 1. The zero-order valence-corrected chi connectivity index (χ0v) is 11.0. The molecule has 0 amide bonds. The van der Waals surface area contributed by atoms with Crippen molar-refractivity contribution in [2.75, 3.05) is 14.2 Å². The minimum Gasteiger partial charge on any atom is -0.497 e. The Morgan fingerprint density at radius 2 is 2.00 bits per heavy atom. The van der Waals surface area contributed by atoms with Crippen molar-refractivity contribution in [3.63, 3.8) is 0 Å². The highest BCUT2D eigenvalue weighted by Crippen LogP contribution is 2.31. The normalized spacial score (nSPS) is 10.7. The molecule has 0 fully saturated rings. The van der Waals surface area contributed by atoms with Crippen LogP contribution in [0.4, 0.5) is 0 Å². The molecule has 2 heterocycles. The molecule has 3 rings (SSSR count). The molecule has 20 heavy (non-hydrogen) atoms. The van der Waals surface area contributed by atoms with Crippen LogP contribution in [0.15, 0.2) is 35.1 Å². The first-order valence-corrected chi connectivity index (χ1v) is 5.90. The van der Waals surface area contributed by atoms with E-state index in [-0.39, 0.29) is 5.69 Å². The van der Waals surface area contributed by atoms with Crippen LogP contribution >= 0.6 is 0 Å². The number of hydrogen-bond donors (Lipinski definition) is 1. The van der Waals surface area contributed by atoms with Crippen molar-refractivity contribution >= 4 is 5.65 Å². The Morgan fingerprint density at radius 1 is 1.15 bits per heavy atom. The number of benzene rings is 1. The molecular weight excluding hydrogens is 260 g/mol. The molecule has 0 saturated heterocycles. The molecule has 1 N–H and O–H groups in total. The van der Waals surface area contributed by atoms with Crippen LogP contribution in [0.25, 0.3) is 16.9 Å². The van der Waals surface area contributed by atoms with Gasteiger partial charge in [-0.2, -0.15) is 14.7 Å². The minimum absolute atomic E-state index is 0.385. The third kappa shape index (κ3) is 1.89. The van der Waals surface area contributed by atoms with Gasteiger partial charge in [0.25, 0.3) is 0 Å². The van der Waals surface area contributed by atoms with Gasteiger partial charge in [0.15, 0.2) is 5.65 Å². The molecule has 0 spiro atoms. The SMILES string of the molecule is COc1ccc(OC)c(-c2ccc3n[nH]c(=O)n3n2)c1. The lowest BCUT2D eigenvalue weighted by molar-refractivity contribution is 0.404. The van der Waals surface area contributed by atoms with Crippen molar-refractivity contribution in [3.05, 3.63) is 40.8 Å². The van der Waals surface area contributed by atoms with Gasteiger partial charge in [-0.3, -0.25) is 0 Å². The fraction of sp³-hybridized carbons (Fsp3) is 0.154.